The fourth-order valence-electron chi connectivity index (χ4n) is 2.97. The Balaban J connectivity index is 1.45. The second-order valence-corrected chi connectivity index (χ2v) is 6.32. The molecule has 0 bridgehead atoms. The number of rotatable bonds is 5. The molecule has 0 fully saturated rings. The lowest BCUT2D eigenvalue weighted by Crippen LogP contribution is -2.30. The number of hydrogen-bond donors (Lipinski definition) is 0. The summed E-state index contributed by atoms with van der Waals surface area (Å²) in [6.45, 7) is 0.486. The minimum Gasteiger partial charge on any atom is -0.484 e. The van der Waals surface area contributed by atoms with E-state index in [1.54, 1.807) is 22.8 Å². The van der Waals surface area contributed by atoms with Gasteiger partial charge in [-0.05, 0) is 24.3 Å². The molecule has 4 rings (SSSR count). The van der Waals surface area contributed by atoms with Crippen molar-refractivity contribution < 1.29 is 13.9 Å². The van der Waals surface area contributed by atoms with Crippen LogP contribution in [0.2, 0.25) is 0 Å². The second kappa shape index (κ2) is 6.55. The van der Waals surface area contributed by atoms with Crippen LogP contribution < -0.4 is 4.74 Å². The predicted octanol–water partition coefficient (Wildman–Crippen LogP) is 3.36. The first-order valence-corrected chi connectivity index (χ1v) is 8.36. The van der Waals surface area contributed by atoms with E-state index in [-0.39, 0.29) is 12.5 Å². The zero-order valence-electron chi connectivity index (χ0n) is 14.7. The van der Waals surface area contributed by atoms with E-state index in [2.05, 4.69) is 5.10 Å². The maximum Gasteiger partial charge on any atom is 0.260 e. The van der Waals surface area contributed by atoms with Crippen LogP contribution in [-0.2, 0) is 18.4 Å². The minimum atomic E-state index is -0.0917. The molecule has 0 saturated carbocycles. The number of fused-ring (bicyclic) bond motifs is 3. The van der Waals surface area contributed by atoms with Crippen molar-refractivity contribution in [3.8, 4) is 5.75 Å². The van der Waals surface area contributed by atoms with Crippen LogP contribution in [0.4, 0.5) is 0 Å². The summed E-state index contributed by atoms with van der Waals surface area (Å²) in [5.74, 6) is 0.554. The maximum absolute atomic E-state index is 12.3. The van der Waals surface area contributed by atoms with Gasteiger partial charge in [-0.1, -0.05) is 18.2 Å². The summed E-state index contributed by atoms with van der Waals surface area (Å²) in [5.41, 5.74) is 2.63. The number of hydrogen-bond acceptors (Lipinski definition) is 4. The molecule has 0 atom stereocenters. The number of amides is 1. The molecule has 4 aromatic rings. The summed E-state index contributed by atoms with van der Waals surface area (Å²) in [7, 11) is 3.61. The lowest BCUT2D eigenvalue weighted by Gasteiger charge is -2.16. The van der Waals surface area contributed by atoms with Gasteiger partial charge in [0.1, 0.15) is 16.9 Å². The number of ether oxygens (including phenoxy) is 1. The lowest BCUT2D eigenvalue weighted by atomic mass is 10.1. The number of para-hydroxylation sites is 1. The molecule has 6 heteroatoms. The number of nitrogens with zero attached hydrogens (tertiary/aromatic N) is 3. The van der Waals surface area contributed by atoms with E-state index in [1.807, 2.05) is 55.7 Å². The van der Waals surface area contributed by atoms with Gasteiger partial charge in [0.25, 0.3) is 5.91 Å². The number of aromatic nitrogens is 2. The molecule has 0 saturated heterocycles. The van der Waals surface area contributed by atoms with Crippen LogP contribution in [0.25, 0.3) is 21.9 Å². The molecule has 0 aliphatic carbocycles. The van der Waals surface area contributed by atoms with Crippen LogP contribution >= 0.6 is 0 Å². The number of benzene rings is 2. The normalized spacial score (nSPS) is 11.2. The SMILES string of the molecule is CN(Cc1cnn(C)c1)C(=O)COc1ccc2oc3ccccc3c2c1. The highest BCUT2D eigenvalue weighted by molar-refractivity contribution is 6.05. The molecule has 132 valence electrons. The summed E-state index contributed by atoms with van der Waals surface area (Å²) in [6, 6.07) is 13.5. The Hall–Kier alpha value is -3.28. The summed E-state index contributed by atoms with van der Waals surface area (Å²) < 4.78 is 13.2. The molecule has 0 aliphatic rings. The number of carbonyl (C=O) groups excluding carboxylic acids is 1. The molecule has 0 N–H and O–H groups in total. The molecule has 1 amide bonds. The van der Waals surface area contributed by atoms with Crippen LogP contribution in [0.3, 0.4) is 0 Å². The standard InChI is InChI=1S/C20H19N3O3/c1-22(11-14-10-21-23(2)12-14)20(24)13-25-15-7-8-19-17(9-15)16-5-3-4-6-18(16)26-19/h3-10,12H,11,13H2,1-2H3. The van der Waals surface area contributed by atoms with Crippen LogP contribution in [-0.4, -0.2) is 34.2 Å². The van der Waals surface area contributed by atoms with Crippen LogP contribution in [0.1, 0.15) is 5.56 Å². The number of furan rings is 1. The average Bonchev–Trinajstić information content (AvgIpc) is 3.22. The fraction of sp³-hybridized carbons (Fsp3) is 0.200. The first kappa shape index (κ1) is 16.2. The molecular weight excluding hydrogens is 330 g/mol. The Labute approximate surface area is 150 Å². The van der Waals surface area contributed by atoms with Crippen LogP contribution in [0.5, 0.6) is 5.75 Å². The van der Waals surface area contributed by atoms with E-state index in [4.69, 9.17) is 9.15 Å². The minimum absolute atomic E-state index is 0.0158. The van der Waals surface area contributed by atoms with Gasteiger partial charge in [-0.15, -0.1) is 0 Å². The maximum atomic E-state index is 12.3. The Morgan fingerprint density at radius 3 is 2.81 bits per heavy atom. The Bertz CT molecular complexity index is 1080. The molecule has 26 heavy (non-hydrogen) atoms. The van der Waals surface area contributed by atoms with Gasteiger partial charge in [-0.2, -0.15) is 5.10 Å². The topological polar surface area (TPSA) is 60.5 Å². The smallest absolute Gasteiger partial charge is 0.260 e. The zero-order valence-corrected chi connectivity index (χ0v) is 14.7. The highest BCUT2D eigenvalue weighted by Gasteiger charge is 2.12. The summed E-state index contributed by atoms with van der Waals surface area (Å²) in [5, 5.41) is 6.13. The van der Waals surface area contributed by atoms with Crippen LogP contribution in [0, 0.1) is 0 Å². The first-order chi connectivity index (χ1) is 12.6. The molecular formula is C20H19N3O3. The largest absolute Gasteiger partial charge is 0.484 e. The van der Waals surface area contributed by atoms with Crippen molar-refractivity contribution in [2.45, 2.75) is 6.54 Å². The van der Waals surface area contributed by atoms with E-state index in [1.165, 1.54) is 0 Å². The van der Waals surface area contributed by atoms with Gasteiger partial charge in [-0.3, -0.25) is 9.48 Å². The molecule has 2 heterocycles. The number of carbonyl (C=O) groups is 1. The van der Waals surface area contributed by atoms with Crippen molar-refractivity contribution in [3.05, 3.63) is 60.4 Å². The van der Waals surface area contributed by atoms with Gasteiger partial charge in [0.05, 0.1) is 6.20 Å². The molecule has 0 spiro atoms. The quantitative estimate of drug-likeness (QED) is 0.554. The van der Waals surface area contributed by atoms with Gasteiger partial charge < -0.3 is 14.1 Å². The third-order valence-electron chi connectivity index (χ3n) is 4.31. The third-order valence-corrected chi connectivity index (χ3v) is 4.31. The van der Waals surface area contributed by atoms with Gasteiger partial charge in [0.15, 0.2) is 6.61 Å². The summed E-state index contributed by atoms with van der Waals surface area (Å²) >= 11 is 0. The highest BCUT2D eigenvalue weighted by atomic mass is 16.5. The van der Waals surface area contributed by atoms with E-state index < -0.39 is 0 Å². The first-order valence-electron chi connectivity index (χ1n) is 8.36. The number of likely N-dealkylation sites (N-methyl/N-ethyl adjacent to an activating group) is 1. The average molecular weight is 349 g/mol. The molecule has 2 aromatic carbocycles. The summed E-state index contributed by atoms with van der Waals surface area (Å²) in [4.78, 5) is 13.9. The van der Waals surface area contributed by atoms with Crippen LogP contribution in [0.15, 0.2) is 59.3 Å². The van der Waals surface area contributed by atoms with Gasteiger partial charge in [0.2, 0.25) is 0 Å². The monoisotopic (exact) mass is 349 g/mol. The van der Waals surface area contributed by atoms with Crippen molar-refractivity contribution in [2.75, 3.05) is 13.7 Å². The molecule has 6 nitrogen and oxygen atoms in total. The molecule has 0 aliphatic heterocycles. The Kier molecular flexibility index (Phi) is 4.08. The van der Waals surface area contributed by atoms with Crippen molar-refractivity contribution in [1.29, 1.82) is 0 Å². The van der Waals surface area contributed by atoms with E-state index in [0.717, 1.165) is 27.5 Å². The lowest BCUT2D eigenvalue weighted by molar-refractivity contribution is -0.132. The fourth-order valence-corrected chi connectivity index (χ4v) is 2.97. The van der Waals surface area contributed by atoms with Gasteiger partial charge in [0, 0.05) is 43.2 Å². The summed E-state index contributed by atoms with van der Waals surface area (Å²) in [6.07, 6.45) is 3.64. The van der Waals surface area contributed by atoms with E-state index >= 15 is 0 Å². The molecule has 2 aromatic heterocycles. The van der Waals surface area contributed by atoms with Gasteiger partial charge in [-0.25, -0.2) is 0 Å². The third kappa shape index (κ3) is 3.13. The predicted molar refractivity (Wildman–Crippen MR) is 98.9 cm³/mol. The second-order valence-electron chi connectivity index (χ2n) is 6.32. The van der Waals surface area contributed by atoms with Crippen molar-refractivity contribution in [2.24, 2.45) is 7.05 Å². The molecule has 0 radical (unpaired) electrons. The van der Waals surface area contributed by atoms with E-state index in [0.29, 0.717) is 12.3 Å². The van der Waals surface area contributed by atoms with Crippen molar-refractivity contribution in [3.63, 3.8) is 0 Å². The van der Waals surface area contributed by atoms with Crippen molar-refractivity contribution in [1.82, 2.24) is 14.7 Å². The van der Waals surface area contributed by atoms with Crippen molar-refractivity contribution >= 4 is 27.8 Å². The highest BCUT2D eigenvalue weighted by Crippen LogP contribution is 2.31. The zero-order chi connectivity index (χ0) is 18.1. The van der Waals surface area contributed by atoms with E-state index in [9.17, 15) is 4.79 Å². The Morgan fingerprint density at radius 2 is 2.00 bits per heavy atom. The number of aryl methyl sites for hydroxylation is 1. The molecule has 0 unspecified atom stereocenters. The Morgan fingerprint density at radius 1 is 1.19 bits per heavy atom. The van der Waals surface area contributed by atoms with Gasteiger partial charge >= 0.3 is 0 Å².